The molecule has 0 amide bonds. The first-order valence-corrected chi connectivity index (χ1v) is 4.91. The van der Waals surface area contributed by atoms with Crippen LogP contribution in [0.5, 0.6) is 0 Å². The zero-order valence-electron chi connectivity index (χ0n) is 8.00. The van der Waals surface area contributed by atoms with Crippen LogP contribution in [0, 0.1) is 5.92 Å². The second-order valence-electron chi connectivity index (χ2n) is 3.28. The number of methoxy groups -OCH3 is 1. The minimum absolute atomic E-state index is 0.137. The minimum Gasteiger partial charge on any atom is -0.500 e. The smallest absolute Gasteiger partial charge is 0.138 e. The van der Waals surface area contributed by atoms with E-state index in [4.69, 9.17) is 4.74 Å². The van der Waals surface area contributed by atoms with E-state index in [1.54, 1.807) is 14.0 Å². The molecule has 0 radical (unpaired) electrons. The number of rotatable bonds is 2. The summed E-state index contributed by atoms with van der Waals surface area (Å²) in [6.45, 7) is 3.53. The second kappa shape index (κ2) is 3.66. The molecular weight excluding hydrogens is 232 g/mol. The molecule has 0 fully saturated rings. The van der Waals surface area contributed by atoms with E-state index in [2.05, 4.69) is 15.9 Å². The highest BCUT2D eigenvalue weighted by Crippen LogP contribution is 2.39. The zero-order chi connectivity index (χ0) is 10.1. The molecule has 0 aromatic heterocycles. The van der Waals surface area contributed by atoms with Gasteiger partial charge >= 0.3 is 0 Å². The van der Waals surface area contributed by atoms with Crippen molar-refractivity contribution < 1.29 is 9.53 Å². The zero-order valence-corrected chi connectivity index (χ0v) is 9.59. The van der Waals surface area contributed by atoms with Gasteiger partial charge in [-0.15, -0.1) is 0 Å². The molecule has 1 aliphatic rings. The van der Waals surface area contributed by atoms with E-state index in [9.17, 15) is 4.79 Å². The minimum atomic E-state index is -0.400. The third kappa shape index (κ3) is 1.85. The molecule has 2 unspecified atom stereocenters. The average Bonchev–Trinajstić information content (AvgIpc) is 2.02. The van der Waals surface area contributed by atoms with Gasteiger partial charge in [0.15, 0.2) is 0 Å². The van der Waals surface area contributed by atoms with E-state index in [-0.39, 0.29) is 11.7 Å². The van der Waals surface area contributed by atoms with Crippen molar-refractivity contribution >= 4 is 21.7 Å². The van der Waals surface area contributed by atoms with Gasteiger partial charge in [-0.25, -0.2) is 0 Å². The molecule has 3 heteroatoms. The summed E-state index contributed by atoms with van der Waals surface area (Å²) < 4.78 is 4.80. The lowest BCUT2D eigenvalue weighted by atomic mass is 9.85. The normalized spacial score (nSPS) is 32.6. The Morgan fingerprint density at radius 3 is 2.77 bits per heavy atom. The molecule has 1 rings (SSSR count). The molecule has 0 N–H and O–H groups in total. The molecule has 0 aromatic carbocycles. The largest absolute Gasteiger partial charge is 0.500 e. The molecule has 0 saturated heterocycles. The van der Waals surface area contributed by atoms with Gasteiger partial charge in [-0.1, -0.05) is 28.1 Å². The number of hydrogen-bond acceptors (Lipinski definition) is 2. The first-order valence-electron chi connectivity index (χ1n) is 4.12. The third-order valence-corrected chi connectivity index (χ3v) is 3.16. The molecule has 2 nitrogen and oxygen atoms in total. The van der Waals surface area contributed by atoms with Crippen molar-refractivity contribution in [1.82, 2.24) is 0 Å². The number of halogens is 1. The number of carbonyl (C=O) groups excluding carboxylic acids is 1. The molecule has 0 heterocycles. The van der Waals surface area contributed by atoms with Crippen molar-refractivity contribution in [2.45, 2.75) is 18.2 Å². The van der Waals surface area contributed by atoms with Gasteiger partial charge in [0.2, 0.25) is 0 Å². The predicted octanol–water partition coefficient (Wildman–Crippen LogP) is 2.45. The van der Waals surface area contributed by atoms with Crippen LogP contribution >= 0.6 is 15.9 Å². The Kier molecular flexibility index (Phi) is 2.96. The van der Waals surface area contributed by atoms with Crippen molar-refractivity contribution in [2.75, 3.05) is 7.11 Å². The summed E-state index contributed by atoms with van der Waals surface area (Å²) >= 11 is 3.52. The van der Waals surface area contributed by atoms with Crippen LogP contribution in [0.2, 0.25) is 0 Å². The van der Waals surface area contributed by atoms with Gasteiger partial charge in [0.05, 0.1) is 17.4 Å². The molecule has 0 aliphatic heterocycles. The fourth-order valence-electron chi connectivity index (χ4n) is 1.54. The quantitative estimate of drug-likeness (QED) is 0.698. The molecule has 0 saturated carbocycles. The van der Waals surface area contributed by atoms with E-state index < -0.39 is 4.32 Å². The van der Waals surface area contributed by atoms with Crippen molar-refractivity contribution in [3.8, 4) is 0 Å². The Morgan fingerprint density at radius 1 is 1.69 bits per heavy atom. The van der Waals surface area contributed by atoms with Gasteiger partial charge in [-0.2, -0.15) is 0 Å². The average molecular weight is 245 g/mol. The van der Waals surface area contributed by atoms with Crippen LogP contribution in [-0.4, -0.2) is 17.2 Å². The molecule has 0 aromatic rings. The SMILES string of the molecule is COC1=CC=CC(C(C)=O)C1(C)Br. The van der Waals surface area contributed by atoms with E-state index in [1.165, 1.54) is 0 Å². The summed E-state index contributed by atoms with van der Waals surface area (Å²) in [7, 11) is 1.61. The third-order valence-electron chi connectivity index (χ3n) is 2.27. The molecule has 2 atom stereocenters. The van der Waals surface area contributed by atoms with Crippen molar-refractivity contribution in [3.63, 3.8) is 0 Å². The summed E-state index contributed by atoms with van der Waals surface area (Å²) in [5.41, 5.74) is 0. The molecule has 0 bridgehead atoms. The number of alkyl halides is 1. The number of Topliss-reactive ketones (excluding diaryl/α,β-unsaturated/α-hetero) is 1. The summed E-state index contributed by atoms with van der Waals surface area (Å²) in [4.78, 5) is 11.3. The van der Waals surface area contributed by atoms with Gasteiger partial charge in [0, 0.05) is 0 Å². The molecule has 0 spiro atoms. The van der Waals surface area contributed by atoms with Gasteiger partial charge in [-0.3, -0.25) is 4.79 Å². The molecule has 13 heavy (non-hydrogen) atoms. The number of ether oxygens (including phenoxy) is 1. The number of allylic oxidation sites excluding steroid dienone is 4. The van der Waals surface area contributed by atoms with Crippen LogP contribution in [0.1, 0.15) is 13.8 Å². The first-order chi connectivity index (χ1) is 6.00. The molecule has 72 valence electrons. The van der Waals surface area contributed by atoms with Gasteiger partial charge in [0.1, 0.15) is 11.5 Å². The topological polar surface area (TPSA) is 26.3 Å². The van der Waals surface area contributed by atoms with Crippen LogP contribution in [0.3, 0.4) is 0 Å². The van der Waals surface area contributed by atoms with Crippen LogP contribution in [-0.2, 0) is 9.53 Å². The monoisotopic (exact) mass is 244 g/mol. The lowest BCUT2D eigenvalue weighted by Crippen LogP contribution is -2.35. The van der Waals surface area contributed by atoms with Gasteiger partial charge < -0.3 is 4.74 Å². The Balaban J connectivity index is 3.01. The first kappa shape index (κ1) is 10.5. The lowest BCUT2D eigenvalue weighted by Gasteiger charge is -2.32. The Hall–Kier alpha value is -0.570. The molecule has 1 aliphatic carbocycles. The Bertz CT molecular complexity index is 277. The summed E-state index contributed by atoms with van der Waals surface area (Å²) in [6, 6.07) is 0. The second-order valence-corrected chi connectivity index (χ2v) is 4.93. The highest BCUT2D eigenvalue weighted by molar-refractivity contribution is 9.10. The summed E-state index contributed by atoms with van der Waals surface area (Å²) in [5, 5.41) is 0. The molecular formula is C10H13BrO2. The maximum Gasteiger partial charge on any atom is 0.138 e. The fraction of sp³-hybridized carbons (Fsp3) is 0.500. The van der Waals surface area contributed by atoms with Crippen LogP contribution in [0.4, 0.5) is 0 Å². The maximum atomic E-state index is 11.3. The van der Waals surface area contributed by atoms with Crippen molar-refractivity contribution in [2.24, 2.45) is 5.92 Å². The van der Waals surface area contributed by atoms with Crippen LogP contribution in [0.15, 0.2) is 24.0 Å². The van der Waals surface area contributed by atoms with E-state index in [1.807, 2.05) is 25.2 Å². The van der Waals surface area contributed by atoms with Crippen molar-refractivity contribution in [3.05, 3.63) is 24.0 Å². The van der Waals surface area contributed by atoms with Crippen LogP contribution < -0.4 is 0 Å². The van der Waals surface area contributed by atoms with E-state index in [0.29, 0.717) is 0 Å². The summed E-state index contributed by atoms with van der Waals surface area (Å²) in [6.07, 6.45) is 5.61. The summed E-state index contributed by atoms with van der Waals surface area (Å²) in [5.74, 6) is 0.779. The van der Waals surface area contributed by atoms with E-state index in [0.717, 1.165) is 5.76 Å². The van der Waals surface area contributed by atoms with Gasteiger partial charge in [0.25, 0.3) is 0 Å². The van der Waals surface area contributed by atoms with Crippen molar-refractivity contribution in [1.29, 1.82) is 0 Å². The highest BCUT2D eigenvalue weighted by atomic mass is 79.9. The number of ketones is 1. The fourth-order valence-corrected chi connectivity index (χ4v) is 2.30. The Labute approximate surface area is 86.8 Å². The highest BCUT2D eigenvalue weighted by Gasteiger charge is 2.39. The maximum absolute atomic E-state index is 11.3. The lowest BCUT2D eigenvalue weighted by molar-refractivity contribution is -0.120. The number of carbonyl (C=O) groups is 1. The number of hydrogen-bond donors (Lipinski definition) is 0. The van der Waals surface area contributed by atoms with Crippen LogP contribution in [0.25, 0.3) is 0 Å². The van der Waals surface area contributed by atoms with Gasteiger partial charge in [-0.05, 0) is 19.9 Å². The predicted molar refractivity (Wildman–Crippen MR) is 55.7 cm³/mol. The standard InChI is InChI=1S/C10H13BrO2/c1-7(12)8-5-4-6-9(13-3)10(8,2)11/h4-6,8H,1-3H3. The van der Waals surface area contributed by atoms with E-state index >= 15 is 0 Å². The Morgan fingerprint density at radius 2 is 2.31 bits per heavy atom.